The molecule has 1 N–H and O–H groups in total. The number of alkyl halides is 3. The second-order valence-corrected chi connectivity index (χ2v) is 6.59. The number of anilines is 1. The van der Waals surface area contributed by atoms with Gasteiger partial charge in [-0.3, -0.25) is 4.79 Å². The molecule has 1 amide bonds. The number of aromatic nitrogens is 3. The van der Waals surface area contributed by atoms with Gasteiger partial charge in [0, 0.05) is 18.3 Å². The molecule has 0 saturated carbocycles. The molecule has 0 unspecified atom stereocenters. The summed E-state index contributed by atoms with van der Waals surface area (Å²) in [4.78, 5) is 12.1. The molecule has 5 nitrogen and oxygen atoms in total. The molecule has 0 atom stereocenters. The quantitative estimate of drug-likeness (QED) is 0.660. The largest absolute Gasteiger partial charge is 0.416 e. The summed E-state index contributed by atoms with van der Waals surface area (Å²) in [7, 11) is 1.79. The highest BCUT2D eigenvalue weighted by molar-refractivity contribution is 7.99. The Morgan fingerprint density at radius 1 is 1.11 bits per heavy atom. The van der Waals surface area contributed by atoms with E-state index in [1.807, 2.05) is 30.3 Å². The molecule has 0 bridgehead atoms. The van der Waals surface area contributed by atoms with Gasteiger partial charge in [-0.15, -0.1) is 10.2 Å². The molecule has 0 aliphatic rings. The first-order valence-corrected chi connectivity index (χ1v) is 8.88. The van der Waals surface area contributed by atoms with E-state index in [-0.39, 0.29) is 11.4 Å². The van der Waals surface area contributed by atoms with E-state index in [1.165, 1.54) is 12.1 Å². The van der Waals surface area contributed by atoms with Crippen molar-refractivity contribution < 1.29 is 18.0 Å². The van der Waals surface area contributed by atoms with Crippen LogP contribution in [-0.2, 0) is 18.0 Å². The molecule has 0 aliphatic carbocycles. The Balaban J connectivity index is 1.63. The van der Waals surface area contributed by atoms with Gasteiger partial charge in [-0.05, 0) is 18.2 Å². The van der Waals surface area contributed by atoms with Crippen molar-refractivity contribution in [1.29, 1.82) is 0 Å². The van der Waals surface area contributed by atoms with Crippen LogP contribution in [0.2, 0.25) is 0 Å². The number of rotatable bonds is 5. The Morgan fingerprint density at radius 2 is 1.85 bits per heavy atom. The van der Waals surface area contributed by atoms with Crippen LogP contribution in [0.25, 0.3) is 11.4 Å². The summed E-state index contributed by atoms with van der Waals surface area (Å²) in [5.41, 5.74) is 0.180. The summed E-state index contributed by atoms with van der Waals surface area (Å²) in [5, 5.41) is 11.2. The van der Waals surface area contributed by atoms with E-state index in [1.54, 1.807) is 11.6 Å². The number of hydrogen-bond donors (Lipinski definition) is 1. The van der Waals surface area contributed by atoms with E-state index >= 15 is 0 Å². The molecule has 1 aromatic heterocycles. The second-order valence-electron chi connectivity index (χ2n) is 5.65. The van der Waals surface area contributed by atoms with E-state index < -0.39 is 17.6 Å². The van der Waals surface area contributed by atoms with Crippen LogP contribution in [0.5, 0.6) is 0 Å². The molecular weight excluding hydrogens is 377 g/mol. The fraction of sp³-hybridized carbons (Fsp3) is 0.167. The number of carbonyl (C=O) groups is 1. The average Bonchev–Trinajstić information content (AvgIpc) is 3.01. The molecule has 0 spiro atoms. The Morgan fingerprint density at radius 3 is 2.56 bits per heavy atom. The predicted molar refractivity (Wildman–Crippen MR) is 97.2 cm³/mol. The third kappa shape index (κ3) is 4.68. The van der Waals surface area contributed by atoms with Crippen molar-refractivity contribution in [3.63, 3.8) is 0 Å². The van der Waals surface area contributed by atoms with E-state index in [9.17, 15) is 18.0 Å². The molecule has 9 heteroatoms. The molecule has 0 saturated heterocycles. The Hall–Kier alpha value is -2.81. The number of hydrogen-bond acceptors (Lipinski definition) is 4. The Bertz CT molecular complexity index is 941. The first-order valence-electron chi connectivity index (χ1n) is 7.89. The molecule has 140 valence electrons. The summed E-state index contributed by atoms with van der Waals surface area (Å²) < 4.78 is 39.9. The van der Waals surface area contributed by atoms with Gasteiger partial charge in [0.1, 0.15) is 0 Å². The molecular formula is C18H15F3N4OS. The van der Waals surface area contributed by atoms with Crippen LogP contribution in [0.4, 0.5) is 18.9 Å². The normalized spacial score (nSPS) is 11.4. The van der Waals surface area contributed by atoms with Crippen molar-refractivity contribution in [2.45, 2.75) is 11.3 Å². The van der Waals surface area contributed by atoms with Gasteiger partial charge in [-0.1, -0.05) is 48.2 Å². The van der Waals surface area contributed by atoms with Gasteiger partial charge < -0.3 is 9.88 Å². The Kier molecular flexibility index (Phi) is 5.50. The maximum absolute atomic E-state index is 12.7. The lowest BCUT2D eigenvalue weighted by Gasteiger charge is -2.09. The average molecular weight is 392 g/mol. The molecule has 3 rings (SSSR count). The molecule has 0 radical (unpaired) electrons. The topological polar surface area (TPSA) is 59.8 Å². The zero-order valence-electron chi connectivity index (χ0n) is 14.2. The van der Waals surface area contributed by atoms with Crippen molar-refractivity contribution in [3.8, 4) is 11.4 Å². The van der Waals surface area contributed by atoms with Crippen molar-refractivity contribution in [2.75, 3.05) is 11.1 Å². The van der Waals surface area contributed by atoms with Gasteiger partial charge >= 0.3 is 6.18 Å². The zero-order valence-corrected chi connectivity index (χ0v) is 15.0. The van der Waals surface area contributed by atoms with Gasteiger partial charge in [0.15, 0.2) is 11.0 Å². The number of carbonyl (C=O) groups excluding carboxylic acids is 1. The summed E-state index contributed by atoms with van der Waals surface area (Å²) in [6.45, 7) is 0. The van der Waals surface area contributed by atoms with Crippen LogP contribution in [0, 0.1) is 0 Å². The van der Waals surface area contributed by atoms with Crippen molar-refractivity contribution in [3.05, 3.63) is 60.2 Å². The molecule has 0 fully saturated rings. The van der Waals surface area contributed by atoms with Crippen LogP contribution >= 0.6 is 11.8 Å². The number of benzene rings is 2. The van der Waals surface area contributed by atoms with E-state index in [2.05, 4.69) is 15.5 Å². The molecule has 3 aromatic rings. The SMILES string of the molecule is Cn1c(SCC(=O)Nc2cccc(C(F)(F)F)c2)nnc1-c1ccccc1. The maximum Gasteiger partial charge on any atom is 0.416 e. The minimum Gasteiger partial charge on any atom is -0.325 e. The molecule has 27 heavy (non-hydrogen) atoms. The van der Waals surface area contributed by atoms with Gasteiger partial charge in [0.05, 0.1) is 11.3 Å². The monoisotopic (exact) mass is 392 g/mol. The van der Waals surface area contributed by atoms with Gasteiger partial charge in [-0.25, -0.2) is 0 Å². The highest BCUT2D eigenvalue weighted by atomic mass is 32.2. The van der Waals surface area contributed by atoms with Crippen LogP contribution in [0.1, 0.15) is 5.56 Å². The zero-order chi connectivity index (χ0) is 19.4. The highest BCUT2D eigenvalue weighted by Gasteiger charge is 2.30. The molecule has 0 aliphatic heterocycles. The van der Waals surface area contributed by atoms with Crippen molar-refractivity contribution >= 4 is 23.4 Å². The van der Waals surface area contributed by atoms with Gasteiger partial charge in [0.25, 0.3) is 0 Å². The maximum atomic E-state index is 12.7. The van der Waals surface area contributed by atoms with Crippen LogP contribution in [-0.4, -0.2) is 26.4 Å². The van der Waals surface area contributed by atoms with Gasteiger partial charge in [-0.2, -0.15) is 13.2 Å². The first-order chi connectivity index (χ1) is 12.8. The lowest BCUT2D eigenvalue weighted by atomic mass is 10.2. The second kappa shape index (κ2) is 7.83. The fourth-order valence-corrected chi connectivity index (χ4v) is 3.09. The number of amides is 1. The minimum absolute atomic E-state index is 0.00297. The highest BCUT2D eigenvalue weighted by Crippen LogP contribution is 2.30. The van der Waals surface area contributed by atoms with Crippen LogP contribution in [0.15, 0.2) is 59.8 Å². The van der Waals surface area contributed by atoms with Crippen LogP contribution < -0.4 is 5.32 Å². The third-order valence-corrected chi connectivity index (χ3v) is 4.69. The third-order valence-electron chi connectivity index (χ3n) is 3.67. The van der Waals surface area contributed by atoms with Crippen molar-refractivity contribution in [1.82, 2.24) is 14.8 Å². The van der Waals surface area contributed by atoms with E-state index in [0.717, 1.165) is 29.5 Å². The number of thioether (sulfide) groups is 1. The molecule has 1 heterocycles. The summed E-state index contributed by atoms with van der Waals surface area (Å²) in [5.74, 6) is 0.233. The van der Waals surface area contributed by atoms with Crippen molar-refractivity contribution in [2.24, 2.45) is 7.05 Å². The lowest BCUT2D eigenvalue weighted by molar-refractivity contribution is -0.137. The fourth-order valence-electron chi connectivity index (χ4n) is 2.38. The number of nitrogens with one attached hydrogen (secondary N) is 1. The summed E-state index contributed by atoms with van der Waals surface area (Å²) in [6.07, 6.45) is -4.46. The smallest absolute Gasteiger partial charge is 0.325 e. The predicted octanol–water partition coefficient (Wildman–Crippen LogP) is 4.23. The van der Waals surface area contributed by atoms with Crippen LogP contribution in [0.3, 0.4) is 0 Å². The number of halogens is 3. The number of nitrogens with zero attached hydrogens (tertiary/aromatic N) is 3. The van der Waals surface area contributed by atoms with E-state index in [0.29, 0.717) is 11.0 Å². The lowest BCUT2D eigenvalue weighted by Crippen LogP contribution is -2.15. The molecule has 2 aromatic carbocycles. The standard InChI is InChI=1S/C18H15F3N4OS/c1-25-16(12-6-3-2-4-7-12)23-24-17(25)27-11-15(26)22-14-9-5-8-13(10-14)18(19,20)21/h2-10H,11H2,1H3,(H,22,26). The summed E-state index contributed by atoms with van der Waals surface area (Å²) >= 11 is 1.15. The summed E-state index contributed by atoms with van der Waals surface area (Å²) in [6, 6.07) is 14.0. The first kappa shape index (κ1) is 19.0. The Labute approximate surface area is 157 Å². The van der Waals surface area contributed by atoms with Gasteiger partial charge in [0.2, 0.25) is 5.91 Å². The minimum atomic E-state index is -4.46. The van der Waals surface area contributed by atoms with E-state index in [4.69, 9.17) is 0 Å².